The van der Waals surface area contributed by atoms with Crippen LogP contribution in [-0.4, -0.2) is 60.9 Å². The van der Waals surface area contributed by atoms with E-state index in [-0.39, 0.29) is 11.8 Å². The van der Waals surface area contributed by atoms with Crippen LogP contribution in [0.25, 0.3) is 0 Å². The lowest BCUT2D eigenvalue weighted by Gasteiger charge is -2.33. The Kier molecular flexibility index (Phi) is 8.17. The summed E-state index contributed by atoms with van der Waals surface area (Å²) >= 11 is 12.6. The number of nitrogens with one attached hydrogen (secondary N) is 2. The van der Waals surface area contributed by atoms with Crippen molar-refractivity contribution in [1.82, 2.24) is 9.80 Å². The van der Waals surface area contributed by atoms with Crippen LogP contribution in [0.1, 0.15) is 22.3 Å². The van der Waals surface area contributed by atoms with Crippen LogP contribution in [0.2, 0.25) is 10.0 Å². The van der Waals surface area contributed by atoms with Gasteiger partial charge in [-0.25, -0.2) is 0 Å². The number of aryl methyl sites for hydroxylation is 4. The van der Waals surface area contributed by atoms with Crippen LogP contribution in [0.4, 0.5) is 11.4 Å². The Labute approximate surface area is 199 Å². The quantitative estimate of drug-likeness (QED) is 0.647. The molecule has 2 aromatic carbocycles. The molecule has 172 valence electrons. The van der Waals surface area contributed by atoms with Gasteiger partial charge in [0.05, 0.1) is 34.5 Å². The zero-order valence-corrected chi connectivity index (χ0v) is 20.5. The zero-order valence-electron chi connectivity index (χ0n) is 19.0. The normalized spacial score (nSPS) is 14.9. The first-order valence-electron chi connectivity index (χ1n) is 10.7. The summed E-state index contributed by atoms with van der Waals surface area (Å²) in [6, 6.07) is 7.69. The standard InChI is InChI=1S/C24H30Cl2N4O2/c1-15-9-17(3)23(19(25)11-15)27-21(31)13-29-5-7-30(8-6-29)14-22(32)28-24-18(4)10-16(2)12-20(24)26/h9-12H,5-8,13-14H2,1-4H3,(H,27,31)(H,28,32). The summed E-state index contributed by atoms with van der Waals surface area (Å²) in [6.45, 7) is 11.3. The molecule has 1 saturated heterocycles. The molecule has 0 unspecified atom stereocenters. The fourth-order valence-corrected chi connectivity index (χ4v) is 4.75. The predicted octanol–water partition coefficient (Wildman–Crippen LogP) is 4.42. The van der Waals surface area contributed by atoms with E-state index in [1.54, 1.807) is 0 Å². The molecule has 6 nitrogen and oxygen atoms in total. The Balaban J connectivity index is 1.46. The van der Waals surface area contributed by atoms with Crippen molar-refractivity contribution >= 4 is 46.4 Å². The Morgan fingerprint density at radius 3 is 1.38 bits per heavy atom. The van der Waals surface area contributed by atoms with E-state index in [9.17, 15) is 9.59 Å². The number of nitrogens with zero attached hydrogens (tertiary/aromatic N) is 2. The van der Waals surface area contributed by atoms with Crippen molar-refractivity contribution in [2.75, 3.05) is 49.9 Å². The van der Waals surface area contributed by atoms with Crippen molar-refractivity contribution in [3.63, 3.8) is 0 Å². The van der Waals surface area contributed by atoms with Gasteiger partial charge in [0.1, 0.15) is 0 Å². The second-order valence-corrected chi connectivity index (χ2v) is 9.34. The van der Waals surface area contributed by atoms with Crippen LogP contribution in [0.15, 0.2) is 24.3 Å². The van der Waals surface area contributed by atoms with Gasteiger partial charge < -0.3 is 10.6 Å². The van der Waals surface area contributed by atoms with Gasteiger partial charge >= 0.3 is 0 Å². The van der Waals surface area contributed by atoms with Crippen molar-refractivity contribution in [3.05, 3.63) is 56.6 Å². The van der Waals surface area contributed by atoms with Crippen molar-refractivity contribution in [3.8, 4) is 0 Å². The molecule has 0 radical (unpaired) electrons. The minimum Gasteiger partial charge on any atom is -0.323 e. The molecule has 1 aliphatic rings. The number of rotatable bonds is 6. The van der Waals surface area contributed by atoms with E-state index in [1.165, 1.54) is 0 Å². The number of anilines is 2. The van der Waals surface area contributed by atoms with E-state index in [0.29, 0.717) is 60.7 Å². The lowest BCUT2D eigenvalue weighted by molar-refractivity contribution is -0.120. The maximum atomic E-state index is 12.5. The summed E-state index contributed by atoms with van der Waals surface area (Å²) in [4.78, 5) is 29.2. The maximum Gasteiger partial charge on any atom is 0.238 e. The molecule has 0 bridgehead atoms. The fourth-order valence-electron chi connectivity index (χ4n) is 4.02. The third kappa shape index (κ3) is 6.45. The fraction of sp³-hybridized carbons (Fsp3) is 0.417. The smallest absolute Gasteiger partial charge is 0.238 e. The first kappa shape index (κ1) is 24.5. The number of hydrogen-bond donors (Lipinski definition) is 2. The number of halogens is 2. The minimum atomic E-state index is -0.0884. The van der Waals surface area contributed by atoms with Gasteiger partial charge in [0, 0.05) is 26.2 Å². The molecule has 0 saturated carbocycles. The molecule has 0 aliphatic carbocycles. The van der Waals surface area contributed by atoms with Gasteiger partial charge in [0.15, 0.2) is 0 Å². The van der Waals surface area contributed by atoms with E-state index in [2.05, 4.69) is 20.4 Å². The zero-order chi connectivity index (χ0) is 23.4. The van der Waals surface area contributed by atoms with Crippen LogP contribution in [-0.2, 0) is 9.59 Å². The maximum absolute atomic E-state index is 12.5. The summed E-state index contributed by atoms with van der Waals surface area (Å²) in [7, 11) is 0. The number of piperazine rings is 1. The molecule has 0 spiro atoms. The molecule has 1 aliphatic heterocycles. The summed E-state index contributed by atoms with van der Waals surface area (Å²) in [6.07, 6.45) is 0. The molecule has 8 heteroatoms. The van der Waals surface area contributed by atoms with Crippen molar-refractivity contribution in [1.29, 1.82) is 0 Å². The van der Waals surface area contributed by atoms with Gasteiger partial charge in [-0.1, -0.05) is 35.3 Å². The van der Waals surface area contributed by atoms with Crippen molar-refractivity contribution in [2.45, 2.75) is 27.7 Å². The highest BCUT2D eigenvalue weighted by atomic mass is 35.5. The first-order chi connectivity index (χ1) is 15.1. The number of benzene rings is 2. The highest BCUT2D eigenvalue weighted by Crippen LogP contribution is 2.28. The lowest BCUT2D eigenvalue weighted by Crippen LogP contribution is -2.50. The second kappa shape index (κ2) is 10.7. The van der Waals surface area contributed by atoms with E-state index in [4.69, 9.17) is 23.2 Å². The molecule has 1 heterocycles. The summed E-state index contributed by atoms with van der Waals surface area (Å²) < 4.78 is 0. The number of amides is 2. The third-order valence-corrected chi connectivity index (χ3v) is 6.19. The number of carbonyl (C=O) groups is 2. The highest BCUT2D eigenvalue weighted by molar-refractivity contribution is 6.34. The molecular formula is C24H30Cl2N4O2. The lowest BCUT2D eigenvalue weighted by atomic mass is 10.1. The Hall–Kier alpha value is -2.12. The molecule has 2 N–H and O–H groups in total. The van der Waals surface area contributed by atoms with Crippen LogP contribution in [0, 0.1) is 27.7 Å². The summed E-state index contributed by atoms with van der Waals surface area (Å²) in [5.74, 6) is -0.177. The first-order valence-corrected chi connectivity index (χ1v) is 11.5. The molecule has 0 atom stereocenters. The van der Waals surface area contributed by atoms with Gasteiger partial charge in [-0.3, -0.25) is 19.4 Å². The van der Waals surface area contributed by atoms with Gasteiger partial charge in [-0.05, 0) is 62.1 Å². The van der Waals surface area contributed by atoms with Gasteiger partial charge in [-0.2, -0.15) is 0 Å². The van der Waals surface area contributed by atoms with Gasteiger partial charge in [-0.15, -0.1) is 0 Å². The average Bonchev–Trinajstić information content (AvgIpc) is 2.69. The van der Waals surface area contributed by atoms with Crippen LogP contribution in [0.3, 0.4) is 0 Å². The van der Waals surface area contributed by atoms with Crippen LogP contribution in [0.5, 0.6) is 0 Å². The molecule has 0 aromatic heterocycles. The third-order valence-electron chi connectivity index (χ3n) is 5.59. The Morgan fingerprint density at radius 2 is 1.06 bits per heavy atom. The Morgan fingerprint density at radius 1 is 0.719 bits per heavy atom. The van der Waals surface area contributed by atoms with E-state index >= 15 is 0 Å². The Bertz CT molecular complexity index is 890. The van der Waals surface area contributed by atoms with Crippen molar-refractivity contribution < 1.29 is 9.59 Å². The van der Waals surface area contributed by atoms with Gasteiger partial charge in [0.2, 0.25) is 11.8 Å². The van der Waals surface area contributed by atoms with Crippen LogP contribution < -0.4 is 10.6 Å². The van der Waals surface area contributed by atoms with E-state index < -0.39 is 0 Å². The highest BCUT2D eigenvalue weighted by Gasteiger charge is 2.22. The molecule has 2 amide bonds. The van der Waals surface area contributed by atoms with Crippen molar-refractivity contribution in [2.24, 2.45) is 0 Å². The van der Waals surface area contributed by atoms with E-state index in [1.807, 2.05) is 52.0 Å². The number of hydrogen-bond acceptors (Lipinski definition) is 4. The second-order valence-electron chi connectivity index (χ2n) is 8.53. The molecular weight excluding hydrogens is 447 g/mol. The largest absolute Gasteiger partial charge is 0.323 e. The molecule has 1 fully saturated rings. The molecule has 2 aromatic rings. The molecule has 32 heavy (non-hydrogen) atoms. The molecule has 3 rings (SSSR count). The van der Waals surface area contributed by atoms with Gasteiger partial charge in [0.25, 0.3) is 0 Å². The SMILES string of the molecule is Cc1cc(C)c(NC(=O)CN2CCN(CC(=O)Nc3c(C)cc(C)cc3Cl)CC2)c(Cl)c1. The van der Waals surface area contributed by atoms with Crippen LogP contribution >= 0.6 is 23.2 Å². The summed E-state index contributed by atoms with van der Waals surface area (Å²) in [5, 5.41) is 6.97. The average molecular weight is 477 g/mol. The monoisotopic (exact) mass is 476 g/mol. The summed E-state index contributed by atoms with van der Waals surface area (Å²) in [5.41, 5.74) is 5.35. The topological polar surface area (TPSA) is 64.7 Å². The van der Waals surface area contributed by atoms with E-state index in [0.717, 1.165) is 22.3 Å². The number of carbonyl (C=O) groups excluding carboxylic acids is 2. The minimum absolute atomic E-state index is 0.0884. The predicted molar refractivity (Wildman–Crippen MR) is 132 cm³/mol.